The van der Waals surface area contributed by atoms with Gasteiger partial charge in [0.25, 0.3) is 5.91 Å². The van der Waals surface area contributed by atoms with Crippen LogP contribution in [0.15, 0.2) is 12.1 Å². The van der Waals surface area contributed by atoms with E-state index in [0.717, 1.165) is 12.8 Å². The number of hydrogen-bond acceptors (Lipinski definition) is 5. The molecule has 6 nitrogen and oxygen atoms in total. The second kappa shape index (κ2) is 7.79. The fourth-order valence-electron chi connectivity index (χ4n) is 2.30. The zero-order valence-corrected chi connectivity index (χ0v) is 11.9. The maximum absolute atomic E-state index is 11.8. The van der Waals surface area contributed by atoms with Crippen molar-refractivity contribution in [2.24, 2.45) is 0 Å². The second-order valence-corrected chi connectivity index (χ2v) is 4.94. The van der Waals surface area contributed by atoms with Gasteiger partial charge < -0.3 is 15.4 Å². The summed E-state index contributed by atoms with van der Waals surface area (Å²) >= 11 is 0. The number of aromatic nitrogens is 2. The van der Waals surface area contributed by atoms with E-state index in [1.807, 2.05) is 0 Å². The van der Waals surface area contributed by atoms with E-state index in [1.54, 1.807) is 19.2 Å². The maximum Gasteiger partial charge on any atom is 0.271 e. The Labute approximate surface area is 119 Å². The Morgan fingerprint density at radius 1 is 1.30 bits per heavy atom. The molecule has 20 heavy (non-hydrogen) atoms. The number of ether oxygens (including phenoxy) is 1. The van der Waals surface area contributed by atoms with Gasteiger partial charge in [-0.15, -0.1) is 10.2 Å². The summed E-state index contributed by atoms with van der Waals surface area (Å²) in [6.45, 7) is 1.06. The first-order valence-electron chi connectivity index (χ1n) is 7.21. The molecule has 1 aliphatic rings. The molecule has 2 N–H and O–H groups in total. The summed E-state index contributed by atoms with van der Waals surface area (Å²) in [5.41, 5.74) is 0.321. The molecular formula is C14H22N4O2. The van der Waals surface area contributed by atoms with Crippen molar-refractivity contribution in [3.05, 3.63) is 17.8 Å². The molecule has 0 bridgehead atoms. The molecule has 0 spiro atoms. The van der Waals surface area contributed by atoms with E-state index in [4.69, 9.17) is 4.74 Å². The minimum absolute atomic E-state index is 0.215. The van der Waals surface area contributed by atoms with Gasteiger partial charge in [-0.25, -0.2) is 0 Å². The van der Waals surface area contributed by atoms with Gasteiger partial charge in [-0.3, -0.25) is 4.79 Å². The van der Waals surface area contributed by atoms with Gasteiger partial charge in [0, 0.05) is 13.6 Å². The highest BCUT2D eigenvalue weighted by atomic mass is 16.5. The molecule has 1 aliphatic carbocycles. The van der Waals surface area contributed by atoms with Crippen molar-refractivity contribution in [2.45, 2.75) is 38.2 Å². The van der Waals surface area contributed by atoms with Crippen molar-refractivity contribution < 1.29 is 9.53 Å². The van der Waals surface area contributed by atoms with Crippen molar-refractivity contribution >= 4 is 11.7 Å². The molecule has 0 unspecified atom stereocenters. The molecule has 1 aromatic rings. The molecular weight excluding hydrogens is 256 g/mol. The van der Waals surface area contributed by atoms with Gasteiger partial charge in [-0.2, -0.15) is 0 Å². The molecule has 2 rings (SSSR count). The fourth-order valence-corrected chi connectivity index (χ4v) is 2.30. The SMILES string of the molecule is CNc1ccc(C(=O)NCCOC2CCCCC2)nn1. The summed E-state index contributed by atoms with van der Waals surface area (Å²) in [7, 11) is 1.76. The standard InChI is InChI=1S/C14H22N4O2/c1-15-13-8-7-12(17-18-13)14(19)16-9-10-20-11-5-3-2-4-6-11/h7-8,11H,2-6,9-10H2,1H3,(H,15,18)(H,16,19). The van der Waals surface area contributed by atoms with Crippen LogP contribution in [0.25, 0.3) is 0 Å². The van der Waals surface area contributed by atoms with Crippen LogP contribution in [-0.4, -0.2) is 42.4 Å². The quantitative estimate of drug-likeness (QED) is 0.773. The number of hydrogen-bond donors (Lipinski definition) is 2. The van der Waals surface area contributed by atoms with Crippen LogP contribution in [0.4, 0.5) is 5.82 Å². The van der Waals surface area contributed by atoms with Crippen molar-refractivity contribution in [1.82, 2.24) is 15.5 Å². The first-order chi connectivity index (χ1) is 9.79. The predicted molar refractivity (Wildman–Crippen MR) is 76.7 cm³/mol. The molecule has 1 amide bonds. The third-order valence-corrected chi connectivity index (χ3v) is 3.45. The number of rotatable bonds is 6. The van der Waals surface area contributed by atoms with Crippen LogP contribution >= 0.6 is 0 Å². The van der Waals surface area contributed by atoms with E-state index in [2.05, 4.69) is 20.8 Å². The molecule has 1 aromatic heterocycles. The van der Waals surface area contributed by atoms with E-state index in [0.29, 0.717) is 30.8 Å². The lowest BCUT2D eigenvalue weighted by atomic mass is 9.98. The molecule has 0 aromatic carbocycles. The molecule has 1 heterocycles. The van der Waals surface area contributed by atoms with Gasteiger partial charge in [0.15, 0.2) is 5.69 Å². The van der Waals surface area contributed by atoms with Gasteiger partial charge in [0.1, 0.15) is 5.82 Å². The number of carbonyl (C=O) groups is 1. The highest BCUT2D eigenvalue weighted by Gasteiger charge is 2.13. The summed E-state index contributed by atoms with van der Waals surface area (Å²) in [6, 6.07) is 3.37. The lowest BCUT2D eigenvalue weighted by Gasteiger charge is -2.21. The molecule has 1 fully saturated rings. The predicted octanol–water partition coefficient (Wildman–Crippen LogP) is 1.60. The van der Waals surface area contributed by atoms with Gasteiger partial charge >= 0.3 is 0 Å². The summed E-state index contributed by atoms with van der Waals surface area (Å²) in [4.78, 5) is 11.8. The third kappa shape index (κ3) is 4.45. The topological polar surface area (TPSA) is 76.1 Å². The van der Waals surface area contributed by atoms with E-state index < -0.39 is 0 Å². The summed E-state index contributed by atoms with van der Waals surface area (Å²) in [5.74, 6) is 0.426. The van der Waals surface area contributed by atoms with E-state index >= 15 is 0 Å². The molecule has 6 heteroatoms. The normalized spacial score (nSPS) is 15.8. The van der Waals surface area contributed by atoms with E-state index in [9.17, 15) is 4.79 Å². The Kier molecular flexibility index (Phi) is 5.73. The lowest BCUT2D eigenvalue weighted by molar-refractivity contribution is 0.0299. The summed E-state index contributed by atoms with van der Waals surface area (Å²) < 4.78 is 5.74. The molecule has 110 valence electrons. The van der Waals surface area contributed by atoms with Gasteiger partial charge in [0.2, 0.25) is 0 Å². The smallest absolute Gasteiger partial charge is 0.271 e. The first kappa shape index (κ1) is 14.7. The zero-order valence-electron chi connectivity index (χ0n) is 11.9. The average molecular weight is 278 g/mol. The average Bonchev–Trinajstić information content (AvgIpc) is 2.52. The highest BCUT2D eigenvalue weighted by Crippen LogP contribution is 2.19. The van der Waals surface area contributed by atoms with Crippen LogP contribution in [0.3, 0.4) is 0 Å². The van der Waals surface area contributed by atoms with Crippen LogP contribution in [0.5, 0.6) is 0 Å². The minimum atomic E-state index is -0.215. The van der Waals surface area contributed by atoms with Crippen molar-refractivity contribution in [2.75, 3.05) is 25.5 Å². The Bertz CT molecular complexity index is 416. The molecule has 0 saturated heterocycles. The van der Waals surface area contributed by atoms with E-state index in [-0.39, 0.29) is 5.91 Å². The first-order valence-corrected chi connectivity index (χ1v) is 7.21. The minimum Gasteiger partial charge on any atom is -0.376 e. The number of nitrogens with zero attached hydrogens (tertiary/aromatic N) is 2. The van der Waals surface area contributed by atoms with Crippen LogP contribution in [0.2, 0.25) is 0 Å². The van der Waals surface area contributed by atoms with Gasteiger partial charge in [0.05, 0.1) is 12.7 Å². The maximum atomic E-state index is 11.8. The largest absolute Gasteiger partial charge is 0.376 e. The van der Waals surface area contributed by atoms with E-state index in [1.165, 1.54) is 19.3 Å². The van der Waals surface area contributed by atoms with Crippen LogP contribution in [-0.2, 0) is 4.74 Å². The Morgan fingerprint density at radius 2 is 2.10 bits per heavy atom. The van der Waals surface area contributed by atoms with Crippen LogP contribution in [0, 0.1) is 0 Å². The Balaban J connectivity index is 1.66. The summed E-state index contributed by atoms with van der Waals surface area (Å²) in [6.07, 6.45) is 6.48. The number of amides is 1. The summed E-state index contributed by atoms with van der Waals surface area (Å²) in [5, 5.41) is 13.4. The molecule has 0 radical (unpaired) electrons. The lowest BCUT2D eigenvalue weighted by Crippen LogP contribution is -2.30. The molecule has 0 atom stereocenters. The Hall–Kier alpha value is -1.69. The number of nitrogens with one attached hydrogen (secondary N) is 2. The van der Waals surface area contributed by atoms with Gasteiger partial charge in [-0.05, 0) is 25.0 Å². The fraction of sp³-hybridized carbons (Fsp3) is 0.643. The highest BCUT2D eigenvalue weighted by molar-refractivity contribution is 5.92. The molecule has 0 aliphatic heterocycles. The number of anilines is 1. The van der Waals surface area contributed by atoms with Crippen LogP contribution in [0.1, 0.15) is 42.6 Å². The number of carbonyl (C=O) groups excluding carboxylic acids is 1. The second-order valence-electron chi connectivity index (χ2n) is 4.94. The monoisotopic (exact) mass is 278 g/mol. The van der Waals surface area contributed by atoms with Crippen molar-refractivity contribution in [1.29, 1.82) is 0 Å². The zero-order chi connectivity index (χ0) is 14.2. The van der Waals surface area contributed by atoms with Gasteiger partial charge in [-0.1, -0.05) is 19.3 Å². The Morgan fingerprint density at radius 3 is 2.75 bits per heavy atom. The van der Waals surface area contributed by atoms with Crippen LogP contribution < -0.4 is 10.6 Å². The molecule has 1 saturated carbocycles. The van der Waals surface area contributed by atoms with Crippen molar-refractivity contribution in [3.8, 4) is 0 Å². The third-order valence-electron chi connectivity index (χ3n) is 3.45. The van der Waals surface area contributed by atoms with Crippen molar-refractivity contribution in [3.63, 3.8) is 0 Å².